The molecule has 0 unspecified atom stereocenters. The number of likely N-dealkylation sites (tertiary alicyclic amines) is 1. The predicted octanol–water partition coefficient (Wildman–Crippen LogP) is 7.44. The molecule has 0 aliphatic carbocycles. The third-order valence-corrected chi connectivity index (χ3v) is 14.8. The fraction of sp³-hybridized carbons (Fsp3) is 0.491. The molecule has 0 spiro atoms. The summed E-state index contributed by atoms with van der Waals surface area (Å²) >= 11 is 0. The highest BCUT2D eigenvalue weighted by Gasteiger charge is 2.56. The number of halogens is 9. The van der Waals surface area contributed by atoms with Crippen molar-refractivity contribution in [2.24, 2.45) is 28.4 Å². The number of nitrogens with two attached hydrogens (primary N) is 1. The van der Waals surface area contributed by atoms with Gasteiger partial charge in [-0.2, -0.15) is 26.3 Å². The maximum atomic E-state index is 15.1. The molecule has 7 rings (SSSR count). The van der Waals surface area contributed by atoms with E-state index >= 15 is 8.78 Å². The number of ketones is 1. The van der Waals surface area contributed by atoms with Crippen LogP contribution in [0.1, 0.15) is 69.2 Å². The van der Waals surface area contributed by atoms with Gasteiger partial charge in [-0.3, -0.25) is 24.3 Å². The summed E-state index contributed by atoms with van der Waals surface area (Å²) in [6, 6.07) is 14.6. The number of Topliss-reactive ketones (excluding diaryl/α,β-unsaturated/α-hetero) is 1. The largest absolute Gasteiger partial charge is 0.469 e. The number of carbonyl (C=O) groups is 4. The summed E-state index contributed by atoms with van der Waals surface area (Å²) in [7, 11) is 1.98. The van der Waals surface area contributed by atoms with Crippen LogP contribution in [0.2, 0.25) is 0 Å². The number of primary amides is 1. The number of pyridine rings is 2. The number of fused-ring (bicyclic) bond motifs is 2. The summed E-state index contributed by atoms with van der Waals surface area (Å²) in [6.45, 7) is 6.02. The maximum Gasteiger partial charge on any atom is 0.407 e. The second-order valence-electron chi connectivity index (χ2n) is 20.8. The molecule has 3 aliphatic heterocycles. The molecule has 2 bridgehead atoms. The van der Waals surface area contributed by atoms with Crippen molar-refractivity contribution in [1.29, 1.82) is 0 Å². The number of aromatic nitrogens is 2. The first kappa shape index (κ1) is 61.4. The smallest absolute Gasteiger partial charge is 0.407 e. The number of piperazine rings is 1. The van der Waals surface area contributed by atoms with Crippen LogP contribution in [0.5, 0.6) is 0 Å². The van der Waals surface area contributed by atoms with Crippen LogP contribution < -0.4 is 21.3 Å². The molecular weight excluding hydrogens is 1060 g/mol. The van der Waals surface area contributed by atoms with Gasteiger partial charge in [0.25, 0.3) is 0 Å². The van der Waals surface area contributed by atoms with Crippen molar-refractivity contribution in [2.75, 3.05) is 52.0 Å². The first-order valence-corrected chi connectivity index (χ1v) is 25.1. The molecule has 0 radical (unpaired) electrons. The molecule has 15 nitrogen and oxygen atoms in total. The van der Waals surface area contributed by atoms with Crippen molar-refractivity contribution in [3.63, 3.8) is 0 Å². The second-order valence-corrected chi connectivity index (χ2v) is 20.8. The van der Waals surface area contributed by atoms with Crippen LogP contribution in [0, 0.1) is 52.0 Å². The summed E-state index contributed by atoms with van der Waals surface area (Å²) in [4.78, 5) is 61.2. The minimum absolute atomic E-state index is 0.00228. The Hall–Kier alpha value is -6.81. The van der Waals surface area contributed by atoms with E-state index in [2.05, 4.69) is 46.4 Å². The highest BCUT2D eigenvalue weighted by molar-refractivity contribution is 5.88. The Balaban J connectivity index is 0.000000546. The second kappa shape index (κ2) is 25.5. The van der Waals surface area contributed by atoms with E-state index in [4.69, 9.17) is 10.5 Å². The molecule has 2 amide bonds. The number of benzene rings is 2. The fourth-order valence-corrected chi connectivity index (χ4v) is 9.50. The summed E-state index contributed by atoms with van der Waals surface area (Å²) < 4.78 is 138. The van der Waals surface area contributed by atoms with E-state index < -0.39 is 108 Å². The number of nitrogens with zero attached hydrogens (tertiary/aromatic N) is 4. The van der Waals surface area contributed by atoms with Crippen LogP contribution in [0.3, 0.4) is 0 Å². The van der Waals surface area contributed by atoms with Gasteiger partial charge in [-0.1, -0.05) is 37.8 Å². The zero-order chi connectivity index (χ0) is 58.2. The third kappa shape index (κ3) is 15.1. The number of methoxy groups -OCH3 is 2. The van der Waals surface area contributed by atoms with Crippen molar-refractivity contribution < 1.29 is 78.0 Å². The monoisotopic (exact) mass is 1120 g/mol. The number of carbonyl (C=O) groups excluding carboxylic acids is 4. The van der Waals surface area contributed by atoms with Crippen LogP contribution in [0.25, 0.3) is 11.3 Å². The molecule has 3 fully saturated rings. The first-order chi connectivity index (χ1) is 37.0. The SMILES string of the molecule is COC(=O)C[C@H](C(N)=O)C(C)(C)C(F)(F)F.COC(=O)N[C@H](C(=O)C[C@@H](Cc1ccc(C#Cc2ccc(N3C[C@H]4C[C@@H]3CN4C3COC3)nc2)cc1)[C@@H](O)CNCc1c(F)cc(-c2ccc(F)cn2)cc1F)C(C)(C)C(F)(F)F. The number of hydrogen-bond acceptors (Lipinski definition) is 13. The molecule has 2 aromatic carbocycles. The molecule has 24 heteroatoms. The number of hydrogen-bond donors (Lipinski definition) is 4. The summed E-state index contributed by atoms with van der Waals surface area (Å²) in [5.41, 5.74) is 1.60. The van der Waals surface area contributed by atoms with E-state index in [1.807, 2.05) is 17.4 Å². The average molecular weight is 1120 g/mol. The molecule has 2 aromatic heterocycles. The Morgan fingerprint density at radius 2 is 1.43 bits per heavy atom. The number of alkyl carbamates (subject to hydrolysis) is 1. The van der Waals surface area contributed by atoms with E-state index in [1.165, 1.54) is 6.07 Å². The van der Waals surface area contributed by atoms with Gasteiger partial charge in [0, 0.05) is 73.1 Å². The average Bonchev–Trinajstić information content (AvgIpc) is 4.18. The Bertz CT molecular complexity index is 2820. The van der Waals surface area contributed by atoms with Crippen LogP contribution >= 0.6 is 0 Å². The van der Waals surface area contributed by atoms with Crippen molar-refractivity contribution in [3.8, 4) is 23.1 Å². The van der Waals surface area contributed by atoms with Gasteiger partial charge >= 0.3 is 24.4 Å². The standard InChI is InChI=1S/C46H48F6N6O5.C9H14F3NO3/c1-45(2,46(50,51)52)43(56-44(61)62-3)40(59)17-31(41(60)22-53-21-36-37(48)15-30(16-38(36)49)39-12-11-32(47)20-54-39)14-28-7-4-27(5-8-28)6-9-29-10-13-42(55-19-29)58-24-33-18-34(58)23-57(33)35-25-63-26-35;1-8(2,9(10,11)12)5(7(13)15)4-6(14)16-3/h4-5,7-8,10-13,15-16,19-20,31,33-35,41,43,53,60H,14,17-18,21-26H2,1-3H3,(H,56,61);5H,4H2,1-3H3,(H2,13,15)/t31-,33-,34-,41+,43-;5-/m11/s1. The number of rotatable bonds is 19. The maximum absolute atomic E-state index is 15.1. The van der Waals surface area contributed by atoms with Crippen molar-refractivity contribution in [2.45, 2.75) is 103 Å². The summed E-state index contributed by atoms with van der Waals surface area (Å²) in [5.74, 6) is -1.11. The van der Waals surface area contributed by atoms with Crippen LogP contribution in [-0.2, 0) is 41.6 Å². The molecule has 5 heterocycles. The molecule has 3 aliphatic rings. The van der Waals surface area contributed by atoms with Crippen molar-refractivity contribution in [1.82, 2.24) is 25.5 Å². The lowest BCUT2D eigenvalue weighted by Crippen LogP contribution is -2.56. The molecule has 79 heavy (non-hydrogen) atoms. The van der Waals surface area contributed by atoms with Crippen LogP contribution in [-0.4, -0.2) is 133 Å². The highest BCUT2D eigenvalue weighted by atomic mass is 19.4. The summed E-state index contributed by atoms with van der Waals surface area (Å²) in [5, 5.41) is 16.2. The minimum atomic E-state index is -4.92. The topological polar surface area (TPSA) is 199 Å². The van der Waals surface area contributed by atoms with E-state index in [0.717, 1.165) is 105 Å². The first-order valence-electron chi connectivity index (χ1n) is 25.1. The lowest BCUT2D eigenvalue weighted by atomic mass is 9.76. The minimum Gasteiger partial charge on any atom is -0.469 e. The zero-order valence-electron chi connectivity index (χ0n) is 44.1. The lowest BCUT2D eigenvalue weighted by Gasteiger charge is -2.42. The number of aliphatic hydroxyl groups excluding tert-OH is 1. The lowest BCUT2D eigenvalue weighted by molar-refractivity contribution is -0.229. The Morgan fingerprint density at radius 1 is 0.797 bits per heavy atom. The quantitative estimate of drug-likeness (QED) is 0.0411. The number of aliphatic hydroxyl groups is 1. The zero-order valence-corrected chi connectivity index (χ0v) is 44.1. The highest BCUT2D eigenvalue weighted by Crippen LogP contribution is 2.45. The van der Waals surface area contributed by atoms with Gasteiger partial charge < -0.3 is 40.6 Å². The molecule has 4 aromatic rings. The van der Waals surface area contributed by atoms with Gasteiger partial charge in [-0.15, -0.1) is 0 Å². The normalized spacial score (nSPS) is 18.2. The van der Waals surface area contributed by atoms with Gasteiger partial charge in [0.1, 0.15) is 29.3 Å². The van der Waals surface area contributed by atoms with Gasteiger partial charge in [0.2, 0.25) is 5.91 Å². The third-order valence-electron chi connectivity index (χ3n) is 14.8. The fourth-order valence-electron chi connectivity index (χ4n) is 9.50. The molecular formula is C55H62F9N7O8. The van der Waals surface area contributed by atoms with E-state index in [-0.39, 0.29) is 29.8 Å². The Morgan fingerprint density at radius 3 is 1.94 bits per heavy atom. The van der Waals surface area contributed by atoms with Gasteiger partial charge in [0.15, 0.2) is 5.78 Å². The number of esters is 1. The summed E-state index contributed by atoms with van der Waals surface area (Å²) in [6.07, 6.45) is -9.74. The molecule has 428 valence electrons. The van der Waals surface area contributed by atoms with Gasteiger partial charge in [0.05, 0.1) is 74.6 Å². The Kier molecular flexibility index (Phi) is 19.8. The van der Waals surface area contributed by atoms with E-state index in [1.54, 1.807) is 30.5 Å². The number of nitrogens with one attached hydrogen (secondary N) is 2. The van der Waals surface area contributed by atoms with Gasteiger partial charge in [-0.25, -0.2) is 22.9 Å². The van der Waals surface area contributed by atoms with Gasteiger partial charge in [-0.05, 0) is 86.7 Å². The van der Waals surface area contributed by atoms with Crippen LogP contribution in [0.4, 0.5) is 50.1 Å². The van der Waals surface area contributed by atoms with Crippen LogP contribution in [0.15, 0.2) is 73.1 Å². The van der Waals surface area contributed by atoms with Crippen molar-refractivity contribution >= 4 is 29.6 Å². The van der Waals surface area contributed by atoms with Crippen molar-refractivity contribution in [3.05, 3.63) is 113 Å². The molecule has 5 N–H and O–H groups in total. The molecule has 0 saturated carbocycles. The van der Waals surface area contributed by atoms with E-state index in [9.17, 15) is 55.0 Å². The molecule has 3 saturated heterocycles. The predicted molar refractivity (Wildman–Crippen MR) is 270 cm³/mol. The number of ether oxygens (including phenoxy) is 3. The Labute approximate surface area is 450 Å². The number of amides is 2. The number of anilines is 1. The van der Waals surface area contributed by atoms with E-state index in [0.29, 0.717) is 34.8 Å². The molecule has 6 atom stereocenters. The number of alkyl halides is 6.